The summed E-state index contributed by atoms with van der Waals surface area (Å²) < 4.78 is 5.26. The Balaban J connectivity index is 1.54. The molecule has 1 aromatic heterocycles. The lowest BCUT2D eigenvalue weighted by atomic mass is 10.0. The second-order valence-electron chi connectivity index (χ2n) is 6.05. The Labute approximate surface area is 150 Å². The van der Waals surface area contributed by atoms with E-state index < -0.39 is 0 Å². The van der Waals surface area contributed by atoms with Crippen molar-refractivity contribution < 1.29 is 14.0 Å². The molecule has 0 aliphatic carbocycles. The summed E-state index contributed by atoms with van der Waals surface area (Å²) in [6.07, 6.45) is 5.31. The van der Waals surface area contributed by atoms with Crippen molar-refractivity contribution in [3.05, 3.63) is 65.9 Å². The first-order valence-corrected chi connectivity index (χ1v) is 8.15. The molecule has 7 heteroatoms. The van der Waals surface area contributed by atoms with Crippen molar-refractivity contribution >= 4 is 23.6 Å². The van der Waals surface area contributed by atoms with Crippen LogP contribution in [0.25, 0.3) is 0 Å². The Kier molecular flexibility index (Phi) is 5.17. The average Bonchev–Trinajstić information content (AvgIpc) is 3.08. The van der Waals surface area contributed by atoms with Crippen LogP contribution in [-0.2, 0) is 11.2 Å². The predicted octanol–water partition coefficient (Wildman–Crippen LogP) is 2.13. The Morgan fingerprint density at radius 2 is 1.96 bits per heavy atom. The highest BCUT2D eigenvalue weighted by Gasteiger charge is 2.32. The molecule has 0 bridgehead atoms. The number of benzene rings is 1. The third-order valence-electron chi connectivity index (χ3n) is 4.04. The van der Waals surface area contributed by atoms with Crippen molar-refractivity contribution in [1.82, 2.24) is 9.88 Å². The summed E-state index contributed by atoms with van der Waals surface area (Å²) in [7, 11) is 0. The Morgan fingerprint density at radius 1 is 1.23 bits per heavy atom. The van der Waals surface area contributed by atoms with Gasteiger partial charge in [-0.05, 0) is 17.7 Å². The minimum absolute atomic E-state index is 0.0939. The largest absolute Gasteiger partial charge is 0.448 e. The number of rotatable bonds is 7. The van der Waals surface area contributed by atoms with Crippen LogP contribution in [0.3, 0.4) is 0 Å². The fourth-order valence-electron chi connectivity index (χ4n) is 2.54. The van der Waals surface area contributed by atoms with Crippen LogP contribution in [-0.4, -0.2) is 46.6 Å². The minimum Gasteiger partial charge on any atom is -0.448 e. The van der Waals surface area contributed by atoms with E-state index in [4.69, 9.17) is 15.2 Å². The number of aldehydes is 1. The summed E-state index contributed by atoms with van der Waals surface area (Å²) >= 11 is 0. The van der Waals surface area contributed by atoms with E-state index in [0.29, 0.717) is 18.8 Å². The van der Waals surface area contributed by atoms with E-state index in [1.807, 2.05) is 30.3 Å². The van der Waals surface area contributed by atoms with Gasteiger partial charge in [-0.1, -0.05) is 30.3 Å². The van der Waals surface area contributed by atoms with E-state index in [1.165, 1.54) is 17.2 Å². The molecule has 1 aliphatic heterocycles. The third-order valence-corrected chi connectivity index (χ3v) is 4.04. The Morgan fingerprint density at radius 3 is 2.65 bits per heavy atom. The number of hydrogen-bond acceptors (Lipinski definition) is 6. The fraction of sp³-hybridized carbons (Fsp3) is 0.211. The van der Waals surface area contributed by atoms with Gasteiger partial charge in [0.25, 0.3) is 5.91 Å². The van der Waals surface area contributed by atoms with E-state index in [9.17, 15) is 9.59 Å². The van der Waals surface area contributed by atoms with Gasteiger partial charge in [0.1, 0.15) is 12.5 Å². The molecule has 26 heavy (non-hydrogen) atoms. The van der Waals surface area contributed by atoms with Crippen LogP contribution in [0.15, 0.2) is 53.2 Å². The Hall–Kier alpha value is -3.35. The molecule has 2 aromatic rings. The van der Waals surface area contributed by atoms with Gasteiger partial charge >= 0.3 is 0 Å². The van der Waals surface area contributed by atoms with Gasteiger partial charge in [-0.15, -0.1) is 0 Å². The van der Waals surface area contributed by atoms with E-state index in [2.05, 4.69) is 4.98 Å². The van der Waals surface area contributed by atoms with Gasteiger partial charge in [0.15, 0.2) is 5.69 Å². The zero-order chi connectivity index (χ0) is 18.5. The number of likely N-dealkylation sites (tertiary alicyclic amines) is 1. The maximum atomic E-state index is 12.2. The molecule has 1 fully saturated rings. The van der Waals surface area contributed by atoms with Crippen molar-refractivity contribution in [2.45, 2.75) is 6.42 Å². The third kappa shape index (κ3) is 4.00. The summed E-state index contributed by atoms with van der Waals surface area (Å²) in [5, 5.41) is 15.9. The molecular weight excluding hydrogens is 332 g/mol. The van der Waals surface area contributed by atoms with Crippen LogP contribution in [0.2, 0.25) is 0 Å². The standard InChI is InChI=1S/C19H18N4O3/c20-15(6-7-16(21)14-4-2-1-3-5-14)8-18-22-17(12-26-18)19(25)23-9-13(10-23)11-24/h1-7,11-13,20-21H,8-10H2/b7-6-,20-15?,21-16?. The van der Waals surface area contributed by atoms with E-state index >= 15 is 0 Å². The Bertz CT molecular complexity index is 864. The van der Waals surface area contributed by atoms with Crippen LogP contribution in [0.1, 0.15) is 21.9 Å². The van der Waals surface area contributed by atoms with E-state index in [-0.39, 0.29) is 35.5 Å². The summed E-state index contributed by atoms with van der Waals surface area (Å²) in [5.74, 6) is -0.101. The van der Waals surface area contributed by atoms with Crippen molar-refractivity contribution in [3.63, 3.8) is 0 Å². The molecule has 7 nitrogen and oxygen atoms in total. The number of hydrogen-bond donors (Lipinski definition) is 2. The molecule has 1 saturated heterocycles. The van der Waals surface area contributed by atoms with Crippen molar-refractivity contribution in [1.29, 1.82) is 10.8 Å². The van der Waals surface area contributed by atoms with E-state index in [1.54, 1.807) is 6.08 Å². The molecule has 0 radical (unpaired) electrons. The maximum absolute atomic E-state index is 12.2. The number of nitrogens with one attached hydrogen (secondary N) is 2. The summed E-state index contributed by atoms with van der Waals surface area (Å²) in [4.78, 5) is 28.4. The monoisotopic (exact) mass is 350 g/mol. The first-order chi connectivity index (χ1) is 12.6. The van der Waals surface area contributed by atoms with Crippen LogP contribution in [0.5, 0.6) is 0 Å². The minimum atomic E-state index is -0.272. The average molecular weight is 350 g/mol. The van der Waals surface area contributed by atoms with Crippen LogP contribution >= 0.6 is 0 Å². The molecule has 0 atom stereocenters. The molecule has 1 amide bonds. The maximum Gasteiger partial charge on any atom is 0.275 e. The number of oxazole rings is 1. The van der Waals surface area contributed by atoms with Crippen LogP contribution in [0.4, 0.5) is 0 Å². The lowest BCUT2D eigenvalue weighted by Crippen LogP contribution is -2.50. The van der Waals surface area contributed by atoms with Gasteiger partial charge in [0.2, 0.25) is 5.89 Å². The fourth-order valence-corrected chi connectivity index (χ4v) is 2.54. The zero-order valence-corrected chi connectivity index (χ0v) is 14.0. The normalized spacial score (nSPS) is 14.2. The lowest BCUT2D eigenvalue weighted by Gasteiger charge is -2.35. The van der Waals surface area contributed by atoms with Crippen LogP contribution < -0.4 is 0 Å². The number of allylic oxidation sites excluding steroid dienone is 2. The number of aromatic nitrogens is 1. The number of nitrogens with zero attached hydrogens (tertiary/aromatic N) is 2. The zero-order valence-electron chi connectivity index (χ0n) is 14.0. The number of carbonyl (C=O) groups excluding carboxylic acids is 2. The van der Waals surface area contributed by atoms with Crippen molar-refractivity contribution in [2.24, 2.45) is 5.92 Å². The second kappa shape index (κ2) is 7.69. The molecule has 1 aromatic carbocycles. The van der Waals surface area contributed by atoms with Crippen molar-refractivity contribution in [2.75, 3.05) is 13.1 Å². The van der Waals surface area contributed by atoms with Gasteiger partial charge in [-0.3, -0.25) is 4.79 Å². The highest BCUT2D eigenvalue weighted by molar-refractivity contribution is 6.10. The lowest BCUT2D eigenvalue weighted by molar-refractivity contribution is -0.114. The SMILES string of the molecule is N=C(/C=C\C(=N)c1ccccc1)Cc1nc(C(=O)N2CC(C=O)C2)co1. The first-order valence-electron chi connectivity index (χ1n) is 8.15. The van der Waals surface area contributed by atoms with Crippen LogP contribution in [0, 0.1) is 16.7 Å². The topological polar surface area (TPSA) is 111 Å². The summed E-state index contributed by atoms with van der Waals surface area (Å²) in [6.45, 7) is 0.815. The quantitative estimate of drug-likeness (QED) is 0.588. The smallest absolute Gasteiger partial charge is 0.275 e. The van der Waals surface area contributed by atoms with E-state index in [0.717, 1.165) is 11.8 Å². The molecular formula is C19H18N4O3. The molecule has 2 N–H and O–H groups in total. The highest BCUT2D eigenvalue weighted by Crippen LogP contribution is 2.17. The van der Waals surface area contributed by atoms with Gasteiger partial charge in [-0.2, -0.15) is 0 Å². The van der Waals surface area contributed by atoms with Crippen molar-refractivity contribution in [3.8, 4) is 0 Å². The molecule has 2 heterocycles. The number of amides is 1. The molecule has 132 valence electrons. The van der Waals surface area contributed by atoms with Gasteiger partial charge in [0.05, 0.1) is 12.1 Å². The van der Waals surface area contributed by atoms with Gasteiger partial charge in [-0.25, -0.2) is 4.98 Å². The van der Waals surface area contributed by atoms with Gasteiger partial charge < -0.3 is 24.9 Å². The first kappa shape index (κ1) is 17.5. The molecule has 1 aliphatic rings. The highest BCUT2D eigenvalue weighted by atomic mass is 16.3. The molecule has 3 rings (SSSR count). The summed E-state index contributed by atoms with van der Waals surface area (Å²) in [5.41, 5.74) is 1.47. The number of carbonyl (C=O) groups is 2. The molecule has 0 unspecified atom stereocenters. The summed E-state index contributed by atoms with van der Waals surface area (Å²) in [6, 6.07) is 9.23. The second-order valence-corrected chi connectivity index (χ2v) is 6.05. The van der Waals surface area contributed by atoms with Gasteiger partial charge in [0, 0.05) is 24.7 Å². The molecule has 0 spiro atoms. The predicted molar refractivity (Wildman–Crippen MR) is 95.8 cm³/mol. The molecule has 0 saturated carbocycles.